The van der Waals surface area contributed by atoms with Gasteiger partial charge >= 0.3 is 0 Å². The van der Waals surface area contributed by atoms with Crippen molar-refractivity contribution in [1.29, 1.82) is 0 Å². The predicted octanol–water partition coefficient (Wildman–Crippen LogP) is 4.03. The number of rotatable bonds is 3. The summed E-state index contributed by atoms with van der Waals surface area (Å²) in [6, 6.07) is 12.3. The zero-order valence-electron chi connectivity index (χ0n) is 16.4. The number of para-hydroxylation sites is 1. The van der Waals surface area contributed by atoms with E-state index in [2.05, 4.69) is 0 Å². The number of non-ortho nitro benzene ring substituents is 1. The summed E-state index contributed by atoms with van der Waals surface area (Å²) >= 11 is 0. The first-order valence-corrected chi connectivity index (χ1v) is 9.45. The summed E-state index contributed by atoms with van der Waals surface area (Å²) in [5, 5.41) is 12.8. The number of benzene rings is 2. The topological polar surface area (TPSA) is 87.1 Å². The number of nitro groups is 1. The van der Waals surface area contributed by atoms with Crippen LogP contribution < -0.4 is 0 Å². The van der Waals surface area contributed by atoms with Gasteiger partial charge in [-0.3, -0.25) is 19.7 Å². The second kappa shape index (κ2) is 6.25. The zero-order chi connectivity index (χ0) is 21.2. The number of ketones is 2. The van der Waals surface area contributed by atoms with E-state index in [1.165, 1.54) is 12.1 Å². The lowest BCUT2D eigenvalue weighted by molar-refractivity contribution is -0.384. The Morgan fingerprint density at radius 1 is 0.833 bits per heavy atom. The molecule has 2 aromatic carbocycles. The number of aromatic nitrogens is 2. The number of Topliss-reactive ketones (excluding diaryl/α,β-unsaturated/α-hetero) is 2. The number of nitro benzene ring substituents is 1. The average molecular weight is 399 g/mol. The molecule has 0 spiro atoms. The van der Waals surface area contributed by atoms with Crippen LogP contribution in [0.2, 0.25) is 0 Å². The number of hydrogen-bond acceptors (Lipinski definition) is 4. The van der Waals surface area contributed by atoms with Gasteiger partial charge in [0.05, 0.1) is 16.9 Å². The molecule has 2 aromatic heterocycles. The first kappa shape index (κ1) is 18.1. The predicted molar refractivity (Wildman–Crippen MR) is 114 cm³/mol. The fraction of sp³-hybridized carbons (Fsp3) is 0.130. The molecule has 0 bridgehead atoms. The van der Waals surface area contributed by atoms with Crippen LogP contribution in [0.5, 0.6) is 0 Å². The quantitative estimate of drug-likeness (QED) is 0.296. The maximum atomic E-state index is 12.9. The molecule has 5 rings (SSSR count). The standard InChI is InChI=1S/C23H17N3O4/c1-24-11-16(14-5-3-4-6-18(14)24)22-20(27)10-21(28)23(22)17-12-25(2)19-9-13(26(29)30)7-8-15(17)19/h3-9,11-12H,10H2,1-2H3. The number of hydrogen-bond donors (Lipinski definition) is 0. The highest BCUT2D eigenvalue weighted by Crippen LogP contribution is 2.41. The molecular formula is C23H17N3O4. The highest BCUT2D eigenvalue weighted by molar-refractivity contribution is 6.52. The Labute approximate surface area is 171 Å². The van der Waals surface area contributed by atoms with Gasteiger partial charge in [-0.2, -0.15) is 0 Å². The van der Waals surface area contributed by atoms with Crippen LogP contribution >= 0.6 is 0 Å². The first-order valence-electron chi connectivity index (χ1n) is 9.45. The lowest BCUT2D eigenvalue weighted by Gasteiger charge is -2.04. The van der Waals surface area contributed by atoms with Crippen molar-refractivity contribution < 1.29 is 14.5 Å². The van der Waals surface area contributed by atoms with E-state index in [0.717, 1.165) is 16.5 Å². The minimum Gasteiger partial charge on any atom is -0.350 e. The van der Waals surface area contributed by atoms with Gasteiger partial charge in [0.15, 0.2) is 11.6 Å². The largest absolute Gasteiger partial charge is 0.350 e. The summed E-state index contributed by atoms with van der Waals surface area (Å²) in [6.07, 6.45) is 3.48. The Hall–Kier alpha value is -4.00. The van der Waals surface area contributed by atoms with Gasteiger partial charge in [0.2, 0.25) is 0 Å². The fourth-order valence-corrected chi connectivity index (χ4v) is 4.40. The number of nitrogens with zero attached hydrogens (tertiary/aromatic N) is 3. The van der Waals surface area contributed by atoms with Crippen LogP contribution in [0, 0.1) is 10.1 Å². The van der Waals surface area contributed by atoms with Crippen molar-refractivity contribution in [3.8, 4) is 0 Å². The average Bonchev–Trinajstić information content (AvgIpc) is 3.32. The molecule has 0 saturated heterocycles. The summed E-state index contributed by atoms with van der Waals surface area (Å²) < 4.78 is 3.69. The Bertz CT molecular complexity index is 1450. The van der Waals surface area contributed by atoms with Gasteiger partial charge in [0, 0.05) is 77.2 Å². The molecule has 0 fully saturated rings. The number of carbonyl (C=O) groups excluding carboxylic acids is 2. The molecule has 7 nitrogen and oxygen atoms in total. The minimum atomic E-state index is -0.447. The molecule has 0 saturated carbocycles. The SMILES string of the molecule is Cn1cc(C2=C(c3cn(C)c4cc([N+](=O)[O-])ccc34)C(=O)CC2=O)c2ccccc21. The van der Waals surface area contributed by atoms with Gasteiger partial charge in [-0.15, -0.1) is 0 Å². The molecule has 0 aliphatic heterocycles. The van der Waals surface area contributed by atoms with Gasteiger partial charge < -0.3 is 9.13 Å². The Morgan fingerprint density at radius 2 is 1.40 bits per heavy atom. The van der Waals surface area contributed by atoms with Crippen molar-refractivity contribution in [1.82, 2.24) is 9.13 Å². The highest BCUT2D eigenvalue weighted by atomic mass is 16.6. The molecule has 0 unspecified atom stereocenters. The molecule has 30 heavy (non-hydrogen) atoms. The number of allylic oxidation sites excluding steroid dienone is 2. The van der Waals surface area contributed by atoms with Crippen LogP contribution in [0.3, 0.4) is 0 Å². The first-order chi connectivity index (χ1) is 14.4. The van der Waals surface area contributed by atoms with Crippen molar-refractivity contribution >= 4 is 50.2 Å². The van der Waals surface area contributed by atoms with Crippen LogP contribution in [-0.4, -0.2) is 25.6 Å². The molecule has 1 aliphatic carbocycles. The summed E-state index contributed by atoms with van der Waals surface area (Å²) in [5.41, 5.74) is 3.75. The lowest BCUT2D eigenvalue weighted by atomic mass is 9.95. The van der Waals surface area contributed by atoms with Crippen LogP contribution in [0.25, 0.3) is 33.0 Å². The zero-order valence-corrected chi connectivity index (χ0v) is 16.4. The third-order valence-corrected chi connectivity index (χ3v) is 5.75. The number of fused-ring (bicyclic) bond motifs is 2. The maximum absolute atomic E-state index is 12.9. The third kappa shape index (κ3) is 2.45. The Kier molecular flexibility index (Phi) is 3.76. The van der Waals surface area contributed by atoms with E-state index in [1.54, 1.807) is 23.9 Å². The van der Waals surface area contributed by atoms with E-state index >= 15 is 0 Å². The maximum Gasteiger partial charge on any atom is 0.271 e. The van der Waals surface area contributed by atoms with E-state index < -0.39 is 4.92 Å². The van der Waals surface area contributed by atoms with E-state index in [1.807, 2.05) is 42.1 Å². The molecular weight excluding hydrogens is 382 g/mol. The molecule has 2 heterocycles. The highest BCUT2D eigenvalue weighted by Gasteiger charge is 2.35. The smallest absolute Gasteiger partial charge is 0.271 e. The van der Waals surface area contributed by atoms with Gasteiger partial charge in [-0.25, -0.2) is 0 Å². The van der Waals surface area contributed by atoms with Crippen molar-refractivity contribution in [2.24, 2.45) is 14.1 Å². The Balaban J connectivity index is 1.83. The molecule has 148 valence electrons. The van der Waals surface area contributed by atoms with Gasteiger partial charge in [-0.05, 0) is 12.1 Å². The fourth-order valence-electron chi connectivity index (χ4n) is 4.40. The molecule has 1 aliphatic rings. The van der Waals surface area contributed by atoms with E-state index in [9.17, 15) is 19.7 Å². The third-order valence-electron chi connectivity index (χ3n) is 5.75. The number of aryl methyl sites for hydroxylation is 2. The summed E-state index contributed by atoms with van der Waals surface area (Å²) in [4.78, 5) is 36.6. The summed E-state index contributed by atoms with van der Waals surface area (Å²) in [6.45, 7) is 0. The van der Waals surface area contributed by atoms with Crippen LogP contribution in [-0.2, 0) is 23.7 Å². The van der Waals surface area contributed by atoms with Crippen molar-refractivity contribution in [3.05, 3.63) is 76.1 Å². The van der Waals surface area contributed by atoms with Crippen LogP contribution in [0.1, 0.15) is 17.5 Å². The Morgan fingerprint density at radius 3 is 2.03 bits per heavy atom. The van der Waals surface area contributed by atoms with Crippen molar-refractivity contribution in [2.45, 2.75) is 6.42 Å². The van der Waals surface area contributed by atoms with Crippen molar-refractivity contribution in [3.63, 3.8) is 0 Å². The second-order valence-electron chi connectivity index (χ2n) is 7.56. The minimum absolute atomic E-state index is 0.0210. The van der Waals surface area contributed by atoms with Crippen LogP contribution in [0.4, 0.5) is 5.69 Å². The second-order valence-corrected chi connectivity index (χ2v) is 7.56. The van der Waals surface area contributed by atoms with E-state index in [4.69, 9.17) is 0 Å². The van der Waals surface area contributed by atoms with E-state index in [-0.39, 0.29) is 23.7 Å². The molecule has 0 amide bonds. The summed E-state index contributed by atoms with van der Waals surface area (Å²) in [5.74, 6) is -0.431. The van der Waals surface area contributed by atoms with Gasteiger partial charge in [-0.1, -0.05) is 18.2 Å². The van der Waals surface area contributed by atoms with Crippen LogP contribution in [0.15, 0.2) is 54.9 Å². The van der Waals surface area contributed by atoms with E-state index in [0.29, 0.717) is 27.6 Å². The summed E-state index contributed by atoms with van der Waals surface area (Å²) in [7, 11) is 3.68. The molecule has 7 heteroatoms. The normalized spacial score (nSPS) is 14.5. The van der Waals surface area contributed by atoms with Crippen molar-refractivity contribution in [2.75, 3.05) is 0 Å². The molecule has 0 radical (unpaired) electrons. The van der Waals surface area contributed by atoms with Gasteiger partial charge in [0.1, 0.15) is 0 Å². The monoisotopic (exact) mass is 399 g/mol. The molecule has 0 atom stereocenters. The molecule has 0 N–H and O–H groups in total. The van der Waals surface area contributed by atoms with Gasteiger partial charge in [0.25, 0.3) is 5.69 Å². The number of carbonyl (C=O) groups is 2. The molecule has 4 aromatic rings. The lowest BCUT2D eigenvalue weighted by Crippen LogP contribution is -1.96.